The van der Waals surface area contributed by atoms with E-state index in [2.05, 4.69) is 16.7 Å². The van der Waals surface area contributed by atoms with Crippen LogP contribution in [0.4, 0.5) is 9.80 Å². The Morgan fingerprint density at radius 3 is 2.72 bits per heavy atom. The van der Waals surface area contributed by atoms with Gasteiger partial charge in [0.1, 0.15) is 23.2 Å². The van der Waals surface area contributed by atoms with Crippen LogP contribution >= 0.6 is 11.3 Å². The monoisotopic (exact) mass is 408 g/mol. The lowest BCUT2D eigenvalue weighted by Gasteiger charge is -2.22. The highest BCUT2D eigenvalue weighted by molar-refractivity contribution is 7.16. The third-order valence-corrected chi connectivity index (χ3v) is 6.67. The molecule has 1 aliphatic heterocycles. The summed E-state index contributed by atoms with van der Waals surface area (Å²) in [4.78, 5) is 40.0. The quantitative estimate of drug-likeness (QED) is 0.760. The maximum Gasteiger partial charge on any atom is 0.325 e. The van der Waals surface area contributed by atoms with Gasteiger partial charge < -0.3 is 10.6 Å². The molecule has 4 amide bonds. The lowest BCUT2D eigenvalue weighted by molar-refractivity contribution is -0.133. The van der Waals surface area contributed by atoms with E-state index in [1.165, 1.54) is 11.3 Å². The number of fused-ring (bicyclic) bond motifs is 1. The van der Waals surface area contributed by atoms with Gasteiger partial charge in [-0.1, -0.05) is 30.3 Å². The highest BCUT2D eigenvalue weighted by Gasteiger charge is 2.49. The van der Waals surface area contributed by atoms with Crippen molar-refractivity contribution in [3.63, 3.8) is 0 Å². The van der Waals surface area contributed by atoms with Crippen LogP contribution in [0.3, 0.4) is 0 Å². The number of aryl methyl sites for hydroxylation is 1. The highest BCUT2D eigenvalue weighted by atomic mass is 32.1. The summed E-state index contributed by atoms with van der Waals surface area (Å²) in [5, 5.41) is 15.4. The molecule has 2 aliphatic rings. The minimum atomic E-state index is -1.21. The van der Waals surface area contributed by atoms with Gasteiger partial charge in [0.2, 0.25) is 5.91 Å². The predicted octanol–water partition coefficient (Wildman–Crippen LogP) is 2.90. The van der Waals surface area contributed by atoms with Gasteiger partial charge in [0.25, 0.3) is 5.91 Å². The Bertz CT molecular complexity index is 1040. The first kappa shape index (κ1) is 19.2. The third-order valence-electron chi connectivity index (χ3n) is 5.46. The van der Waals surface area contributed by atoms with Crippen molar-refractivity contribution in [2.75, 3.05) is 11.9 Å². The van der Waals surface area contributed by atoms with Gasteiger partial charge in [0, 0.05) is 4.88 Å². The molecule has 8 heteroatoms. The summed E-state index contributed by atoms with van der Waals surface area (Å²) in [5.74, 6) is -0.976. The molecular weight excluding hydrogens is 388 g/mol. The molecule has 1 aromatic carbocycles. The molecule has 29 heavy (non-hydrogen) atoms. The van der Waals surface area contributed by atoms with E-state index in [9.17, 15) is 19.6 Å². The van der Waals surface area contributed by atoms with Crippen LogP contribution in [-0.2, 0) is 28.0 Å². The lowest BCUT2D eigenvalue weighted by Crippen LogP contribution is -2.42. The molecule has 0 spiro atoms. The first-order valence-corrected chi connectivity index (χ1v) is 10.3. The smallest absolute Gasteiger partial charge is 0.319 e. The number of rotatable bonds is 4. The number of hydrogen-bond acceptors (Lipinski definition) is 5. The van der Waals surface area contributed by atoms with Crippen molar-refractivity contribution in [3.8, 4) is 6.07 Å². The number of urea groups is 1. The molecule has 2 N–H and O–H groups in total. The zero-order valence-corrected chi connectivity index (χ0v) is 16.8. The van der Waals surface area contributed by atoms with Crippen molar-refractivity contribution in [2.24, 2.45) is 0 Å². The Labute approximate surface area is 172 Å². The van der Waals surface area contributed by atoms with Crippen LogP contribution in [0, 0.1) is 11.3 Å². The molecule has 0 saturated carbocycles. The fourth-order valence-electron chi connectivity index (χ4n) is 3.89. The number of carbonyl (C=O) groups is 3. The van der Waals surface area contributed by atoms with E-state index in [0.717, 1.165) is 41.0 Å². The number of thiophene rings is 1. The number of amides is 4. The lowest BCUT2D eigenvalue weighted by atomic mass is 9.92. The molecule has 2 heterocycles. The van der Waals surface area contributed by atoms with Crippen LogP contribution < -0.4 is 10.6 Å². The molecule has 7 nitrogen and oxygen atoms in total. The van der Waals surface area contributed by atoms with Gasteiger partial charge >= 0.3 is 6.03 Å². The molecule has 0 bridgehead atoms. The number of benzene rings is 1. The molecule has 0 radical (unpaired) electrons. The number of nitrogens with zero attached hydrogens (tertiary/aromatic N) is 2. The fourth-order valence-corrected chi connectivity index (χ4v) is 5.15. The van der Waals surface area contributed by atoms with Gasteiger partial charge in [-0.2, -0.15) is 5.26 Å². The summed E-state index contributed by atoms with van der Waals surface area (Å²) in [6.07, 6.45) is 3.86. The van der Waals surface area contributed by atoms with Gasteiger partial charge in [-0.3, -0.25) is 14.5 Å². The first-order valence-electron chi connectivity index (χ1n) is 9.48. The number of anilines is 1. The number of hydrogen-bond donors (Lipinski definition) is 2. The summed E-state index contributed by atoms with van der Waals surface area (Å²) >= 11 is 1.41. The Balaban J connectivity index is 1.51. The molecule has 1 unspecified atom stereocenters. The number of imide groups is 1. The third kappa shape index (κ3) is 3.28. The van der Waals surface area contributed by atoms with Gasteiger partial charge in [-0.05, 0) is 43.7 Å². The predicted molar refractivity (Wildman–Crippen MR) is 108 cm³/mol. The van der Waals surface area contributed by atoms with Crippen molar-refractivity contribution in [1.82, 2.24) is 10.2 Å². The Hall–Kier alpha value is -3.18. The Morgan fingerprint density at radius 2 is 2.00 bits per heavy atom. The Kier molecular flexibility index (Phi) is 4.84. The average Bonchev–Trinajstić information content (AvgIpc) is 3.18. The standard InChI is InChI=1S/C21H20N4O3S/c1-21(13-7-3-2-4-8-13)19(27)25(20(28)24-21)12-17(26)23-18-15(11-22)14-9-5-6-10-16(14)29-18/h2-4,7-8H,5-6,9-10,12H2,1H3,(H,23,26)(H,24,28). The minimum Gasteiger partial charge on any atom is -0.319 e. The van der Waals surface area contributed by atoms with E-state index in [1.54, 1.807) is 31.2 Å². The highest BCUT2D eigenvalue weighted by Crippen LogP contribution is 2.37. The van der Waals surface area contributed by atoms with E-state index >= 15 is 0 Å². The van der Waals surface area contributed by atoms with Gasteiger partial charge in [0.05, 0.1) is 5.56 Å². The molecule has 2 aromatic rings. The maximum atomic E-state index is 12.9. The molecule has 1 fully saturated rings. The maximum absolute atomic E-state index is 12.9. The second kappa shape index (κ2) is 7.33. The summed E-state index contributed by atoms with van der Waals surface area (Å²) in [6, 6.07) is 10.5. The van der Waals surface area contributed by atoms with Crippen LogP contribution in [-0.4, -0.2) is 29.3 Å². The van der Waals surface area contributed by atoms with E-state index in [4.69, 9.17) is 0 Å². The minimum absolute atomic E-state index is 0.402. The molecule has 1 saturated heterocycles. The van der Waals surface area contributed by atoms with Gasteiger partial charge in [-0.15, -0.1) is 11.3 Å². The van der Waals surface area contributed by atoms with Gasteiger partial charge in [-0.25, -0.2) is 4.79 Å². The second-order valence-electron chi connectivity index (χ2n) is 7.39. The van der Waals surface area contributed by atoms with Crippen LogP contribution in [0.5, 0.6) is 0 Å². The zero-order chi connectivity index (χ0) is 20.6. The molecule has 1 aromatic heterocycles. The van der Waals surface area contributed by atoms with Crippen LogP contribution in [0.25, 0.3) is 0 Å². The second-order valence-corrected chi connectivity index (χ2v) is 8.49. The fraction of sp³-hybridized carbons (Fsp3) is 0.333. The molecule has 4 rings (SSSR count). The zero-order valence-electron chi connectivity index (χ0n) is 15.9. The van der Waals surface area contributed by atoms with Crippen molar-refractivity contribution >= 4 is 34.2 Å². The molecule has 1 aliphatic carbocycles. The summed E-state index contributed by atoms with van der Waals surface area (Å²) in [7, 11) is 0. The van der Waals surface area contributed by atoms with Crippen LogP contribution in [0.1, 0.15) is 41.3 Å². The average molecular weight is 408 g/mol. The van der Waals surface area contributed by atoms with Crippen LogP contribution in [0.2, 0.25) is 0 Å². The molecule has 148 valence electrons. The number of nitrogens with one attached hydrogen (secondary N) is 2. The summed E-state index contributed by atoms with van der Waals surface area (Å²) in [5.41, 5.74) is 0.965. The summed E-state index contributed by atoms with van der Waals surface area (Å²) in [6.45, 7) is 1.22. The van der Waals surface area contributed by atoms with Crippen molar-refractivity contribution in [1.29, 1.82) is 5.26 Å². The topological polar surface area (TPSA) is 102 Å². The van der Waals surface area contributed by atoms with Crippen molar-refractivity contribution in [2.45, 2.75) is 38.1 Å². The van der Waals surface area contributed by atoms with E-state index < -0.39 is 29.9 Å². The van der Waals surface area contributed by atoms with Crippen LogP contribution in [0.15, 0.2) is 30.3 Å². The van der Waals surface area contributed by atoms with Gasteiger partial charge in [0.15, 0.2) is 0 Å². The first-order chi connectivity index (χ1) is 13.9. The number of carbonyl (C=O) groups excluding carboxylic acids is 3. The Morgan fingerprint density at radius 1 is 1.28 bits per heavy atom. The molecular formula is C21H20N4O3S. The summed E-state index contributed by atoms with van der Waals surface area (Å²) < 4.78 is 0. The SMILES string of the molecule is CC1(c2ccccc2)NC(=O)N(CC(=O)Nc2sc3c(c2C#N)CCCC3)C1=O. The van der Waals surface area contributed by atoms with Crippen molar-refractivity contribution in [3.05, 3.63) is 51.9 Å². The van der Waals surface area contributed by atoms with E-state index in [1.807, 2.05) is 6.07 Å². The number of nitriles is 1. The van der Waals surface area contributed by atoms with E-state index in [-0.39, 0.29) is 0 Å². The molecule has 1 atom stereocenters. The normalized spacial score (nSPS) is 20.8. The largest absolute Gasteiger partial charge is 0.325 e. The van der Waals surface area contributed by atoms with Crippen molar-refractivity contribution < 1.29 is 14.4 Å². The van der Waals surface area contributed by atoms with E-state index in [0.29, 0.717) is 16.1 Å².